The zero-order chi connectivity index (χ0) is 17.8. The van der Waals surface area contributed by atoms with Crippen LogP contribution in [-0.2, 0) is 23.7 Å². The van der Waals surface area contributed by atoms with Gasteiger partial charge in [0.25, 0.3) is 0 Å². The fourth-order valence-electron chi connectivity index (χ4n) is 2.43. The third kappa shape index (κ3) is 6.84. The molecule has 1 aliphatic rings. The molecule has 1 saturated heterocycles. The van der Waals surface area contributed by atoms with Gasteiger partial charge in [0.05, 0.1) is 59.5 Å². The van der Waals surface area contributed by atoms with E-state index in [1.54, 1.807) is 0 Å². The molecule has 0 unspecified atom stereocenters. The number of ether oxygens (including phenoxy) is 5. The highest BCUT2D eigenvalue weighted by Crippen LogP contribution is 2.27. The molecule has 5 atom stereocenters. The molecule has 1 heterocycles. The van der Waals surface area contributed by atoms with Crippen molar-refractivity contribution in [3.8, 4) is 0 Å². The Bertz CT molecular complexity index is 305. The fourth-order valence-corrected chi connectivity index (χ4v) is 2.43. The summed E-state index contributed by atoms with van der Waals surface area (Å²) in [5.74, 6) is 0. The molecule has 10 heteroatoms. The van der Waals surface area contributed by atoms with E-state index in [2.05, 4.69) is 0 Å². The molecular weight excluding hydrogens is 328 g/mol. The number of hydrogen-bond donors (Lipinski definition) is 5. The molecule has 0 radical (unpaired) electrons. The summed E-state index contributed by atoms with van der Waals surface area (Å²) in [4.78, 5) is 0. The first-order valence-corrected chi connectivity index (χ1v) is 7.89. The molecule has 0 aliphatic carbocycles. The van der Waals surface area contributed by atoms with Gasteiger partial charge in [0.2, 0.25) is 0 Å². The Labute approximate surface area is 140 Å². The molecule has 1 fully saturated rings. The van der Waals surface area contributed by atoms with Gasteiger partial charge in [0, 0.05) is 0 Å². The Morgan fingerprint density at radius 1 is 0.667 bits per heavy atom. The Balaban J connectivity index is 2.84. The SMILES string of the molecule is OCCOC[C@@H]1O[C@@H](O)[C@@H](OCCO)[C@H](OCCO)[C@H]1OCCO. The third-order valence-corrected chi connectivity index (χ3v) is 3.33. The zero-order valence-corrected chi connectivity index (χ0v) is 13.5. The average Bonchev–Trinajstić information content (AvgIpc) is 2.58. The van der Waals surface area contributed by atoms with Crippen LogP contribution in [0.15, 0.2) is 0 Å². The lowest BCUT2D eigenvalue weighted by molar-refractivity contribution is -0.313. The summed E-state index contributed by atoms with van der Waals surface area (Å²) in [6.45, 7) is -0.801. The van der Waals surface area contributed by atoms with Crippen LogP contribution in [-0.4, -0.2) is 116 Å². The molecule has 5 N–H and O–H groups in total. The van der Waals surface area contributed by atoms with E-state index < -0.39 is 30.7 Å². The molecule has 24 heavy (non-hydrogen) atoms. The van der Waals surface area contributed by atoms with E-state index >= 15 is 0 Å². The van der Waals surface area contributed by atoms with E-state index in [9.17, 15) is 5.11 Å². The maximum Gasteiger partial charge on any atom is 0.184 e. The molecule has 1 rings (SSSR count). The molecule has 0 aromatic carbocycles. The number of hydrogen-bond acceptors (Lipinski definition) is 10. The van der Waals surface area contributed by atoms with Gasteiger partial charge in [-0.25, -0.2) is 0 Å². The predicted molar refractivity (Wildman–Crippen MR) is 79.3 cm³/mol. The van der Waals surface area contributed by atoms with Gasteiger partial charge < -0.3 is 49.2 Å². The summed E-state index contributed by atoms with van der Waals surface area (Å²) in [5.41, 5.74) is 0. The minimum Gasteiger partial charge on any atom is -0.394 e. The number of aliphatic hydroxyl groups excluding tert-OH is 5. The second-order valence-corrected chi connectivity index (χ2v) is 5.04. The largest absolute Gasteiger partial charge is 0.394 e. The van der Waals surface area contributed by atoms with Crippen LogP contribution in [0.1, 0.15) is 0 Å². The van der Waals surface area contributed by atoms with Crippen molar-refractivity contribution in [1.82, 2.24) is 0 Å². The monoisotopic (exact) mass is 356 g/mol. The van der Waals surface area contributed by atoms with E-state index in [0.29, 0.717) is 0 Å². The standard InChI is InChI=1S/C14H28O10/c15-1-5-20-9-10-11(21-6-2-16)12(22-7-3-17)13(14(19)24-10)23-8-4-18/h10-19H,1-9H2/t10-,11-,12+,13-,14+/m0/s1. The second-order valence-electron chi connectivity index (χ2n) is 5.04. The van der Waals surface area contributed by atoms with Gasteiger partial charge >= 0.3 is 0 Å². The van der Waals surface area contributed by atoms with Crippen LogP contribution in [0.5, 0.6) is 0 Å². The van der Waals surface area contributed by atoms with Crippen molar-refractivity contribution < 1.29 is 49.2 Å². The molecule has 1 aliphatic heterocycles. The van der Waals surface area contributed by atoms with Crippen molar-refractivity contribution in [3.63, 3.8) is 0 Å². The van der Waals surface area contributed by atoms with E-state index in [1.807, 2.05) is 0 Å². The quantitative estimate of drug-likeness (QED) is 0.214. The summed E-state index contributed by atoms with van der Waals surface area (Å²) in [5, 5.41) is 45.8. The highest BCUT2D eigenvalue weighted by atomic mass is 16.7. The molecule has 0 spiro atoms. The first-order valence-electron chi connectivity index (χ1n) is 7.89. The normalized spacial score (nSPS) is 30.6. The van der Waals surface area contributed by atoms with Gasteiger partial charge in [-0.15, -0.1) is 0 Å². The fraction of sp³-hybridized carbons (Fsp3) is 1.00. The maximum atomic E-state index is 10.2. The Kier molecular flexibility index (Phi) is 11.6. The maximum absolute atomic E-state index is 10.2. The van der Waals surface area contributed by atoms with E-state index in [4.69, 9.17) is 44.1 Å². The van der Waals surface area contributed by atoms with Gasteiger partial charge in [-0.1, -0.05) is 0 Å². The van der Waals surface area contributed by atoms with Gasteiger partial charge in [0.15, 0.2) is 6.29 Å². The smallest absolute Gasteiger partial charge is 0.184 e. The molecular formula is C14H28O10. The summed E-state index contributed by atoms with van der Waals surface area (Å²) in [6, 6.07) is 0. The van der Waals surface area contributed by atoms with Crippen LogP contribution in [0.3, 0.4) is 0 Å². The zero-order valence-electron chi connectivity index (χ0n) is 13.5. The highest BCUT2D eigenvalue weighted by molar-refractivity contribution is 4.92. The van der Waals surface area contributed by atoms with E-state index in [0.717, 1.165) is 0 Å². The minimum atomic E-state index is -1.35. The predicted octanol–water partition coefficient (Wildman–Crippen LogP) is -3.15. The van der Waals surface area contributed by atoms with Crippen molar-refractivity contribution >= 4 is 0 Å². The Morgan fingerprint density at radius 2 is 1.17 bits per heavy atom. The van der Waals surface area contributed by atoms with Gasteiger partial charge in [-0.05, 0) is 0 Å². The second kappa shape index (κ2) is 12.9. The lowest BCUT2D eigenvalue weighted by Crippen LogP contribution is -2.61. The van der Waals surface area contributed by atoms with Gasteiger partial charge in [-0.2, -0.15) is 0 Å². The molecule has 10 nitrogen and oxygen atoms in total. The van der Waals surface area contributed by atoms with Crippen molar-refractivity contribution in [3.05, 3.63) is 0 Å². The van der Waals surface area contributed by atoms with Crippen molar-refractivity contribution in [2.75, 3.05) is 59.5 Å². The highest BCUT2D eigenvalue weighted by Gasteiger charge is 2.47. The number of rotatable bonds is 13. The molecule has 0 aromatic rings. The van der Waals surface area contributed by atoms with Crippen molar-refractivity contribution in [1.29, 1.82) is 0 Å². The van der Waals surface area contributed by atoms with Crippen molar-refractivity contribution in [2.45, 2.75) is 30.7 Å². The van der Waals surface area contributed by atoms with Gasteiger partial charge in [-0.3, -0.25) is 0 Å². The van der Waals surface area contributed by atoms with Crippen LogP contribution in [0.4, 0.5) is 0 Å². The van der Waals surface area contributed by atoms with E-state index in [-0.39, 0.29) is 59.5 Å². The molecule has 0 aromatic heterocycles. The first-order chi connectivity index (χ1) is 11.7. The third-order valence-electron chi connectivity index (χ3n) is 3.33. The summed E-state index contributed by atoms with van der Waals surface area (Å²) < 4.78 is 27.2. The van der Waals surface area contributed by atoms with Crippen molar-refractivity contribution in [2.24, 2.45) is 0 Å². The molecule has 0 saturated carbocycles. The lowest BCUT2D eigenvalue weighted by atomic mass is 9.98. The van der Waals surface area contributed by atoms with E-state index in [1.165, 1.54) is 0 Å². The Morgan fingerprint density at radius 3 is 1.71 bits per heavy atom. The summed E-state index contributed by atoms with van der Waals surface area (Å²) in [6.07, 6.45) is -4.56. The minimum absolute atomic E-state index is 0.00628. The Hall–Kier alpha value is -0.400. The summed E-state index contributed by atoms with van der Waals surface area (Å²) >= 11 is 0. The molecule has 144 valence electrons. The van der Waals surface area contributed by atoms with Crippen LogP contribution in [0, 0.1) is 0 Å². The average molecular weight is 356 g/mol. The number of aliphatic hydroxyl groups is 5. The summed E-state index contributed by atoms with van der Waals surface area (Å²) in [7, 11) is 0. The van der Waals surface area contributed by atoms with Crippen LogP contribution >= 0.6 is 0 Å². The lowest BCUT2D eigenvalue weighted by Gasteiger charge is -2.44. The van der Waals surface area contributed by atoms with Crippen LogP contribution in [0.2, 0.25) is 0 Å². The van der Waals surface area contributed by atoms with Crippen LogP contribution in [0.25, 0.3) is 0 Å². The van der Waals surface area contributed by atoms with Gasteiger partial charge in [0.1, 0.15) is 24.4 Å². The van der Waals surface area contributed by atoms with Crippen LogP contribution < -0.4 is 0 Å². The molecule has 0 bridgehead atoms. The first kappa shape index (κ1) is 21.6. The molecule has 0 amide bonds. The topological polar surface area (TPSA) is 147 Å².